The summed E-state index contributed by atoms with van der Waals surface area (Å²) in [5.41, 5.74) is 2.36. The van der Waals surface area contributed by atoms with Gasteiger partial charge < -0.3 is 15.3 Å². The van der Waals surface area contributed by atoms with Gasteiger partial charge in [0.15, 0.2) is 0 Å². The zero-order valence-electron chi connectivity index (χ0n) is 14.5. The summed E-state index contributed by atoms with van der Waals surface area (Å²) >= 11 is 0. The molecule has 2 aromatic rings. The lowest BCUT2D eigenvalue weighted by atomic mass is 9.99. The number of hydrogen-bond donors (Lipinski definition) is 2. The standard InChI is InChI=1S/C20H21FN2O3/c1-13-5-6-17(21)16(11-13)14-3-2-4-15(12-14)20(26)23-9-8-22-19(25)18(23)7-10-24/h2-6,11-12,18,24H,7-10H2,1H3,(H,22,25)/t18-/m0/s1. The topological polar surface area (TPSA) is 69.6 Å². The Morgan fingerprint density at radius 1 is 1.31 bits per heavy atom. The van der Waals surface area contributed by atoms with Crippen LogP contribution in [0.1, 0.15) is 22.3 Å². The number of aliphatic hydroxyl groups excluding tert-OH is 1. The summed E-state index contributed by atoms with van der Waals surface area (Å²) in [6.45, 7) is 2.44. The van der Waals surface area contributed by atoms with Crippen molar-refractivity contribution in [2.75, 3.05) is 19.7 Å². The monoisotopic (exact) mass is 356 g/mol. The summed E-state index contributed by atoms with van der Waals surface area (Å²) in [5.74, 6) is -0.913. The van der Waals surface area contributed by atoms with Crippen LogP contribution < -0.4 is 5.32 Å². The maximum Gasteiger partial charge on any atom is 0.254 e. The zero-order chi connectivity index (χ0) is 18.7. The first kappa shape index (κ1) is 18.1. The van der Waals surface area contributed by atoms with E-state index >= 15 is 0 Å². The number of carbonyl (C=O) groups excluding carboxylic acids is 2. The van der Waals surface area contributed by atoms with Crippen molar-refractivity contribution in [3.8, 4) is 11.1 Å². The van der Waals surface area contributed by atoms with Crippen LogP contribution in [0, 0.1) is 12.7 Å². The van der Waals surface area contributed by atoms with Crippen LogP contribution in [-0.4, -0.2) is 47.6 Å². The molecule has 0 radical (unpaired) electrons. The Morgan fingerprint density at radius 3 is 2.88 bits per heavy atom. The molecule has 1 atom stereocenters. The number of benzene rings is 2. The zero-order valence-corrected chi connectivity index (χ0v) is 14.5. The smallest absolute Gasteiger partial charge is 0.254 e. The van der Waals surface area contributed by atoms with Crippen LogP contribution in [0.15, 0.2) is 42.5 Å². The first-order chi connectivity index (χ1) is 12.5. The van der Waals surface area contributed by atoms with Crippen LogP contribution >= 0.6 is 0 Å². The fourth-order valence-electron chi connectivity index (χ4n) is 3.21. The van der Waals surface area contributed by atoms with E-state index in [2.05, 4.69) is 5.32 Å². The van der Waals surface area contributed by atoms with E-state index in [0.717, 1.165) is 5.56 Å². The van der Waals surface area contributed by atoms with Gasteiger partial charge in [0.05, 0.1) is 0 Å². The number of piperazine rings is 1. The van der Waals surface area contributed by atoms with Gasteiger partial charge in [0.2, 0.25) is 5.91 Å². The molecule has 1 aliphatic rings. The summed E-state index contributed by atoms with van der Waals surface area (Å²) in [7, 11) is 0. The van der Waals surface area contributed by atoms with Gasteiger partial charge in [-0.05, 0) is 43.2 Å². The van der Waals surface area contributed by atoms with Gasteiger partial charge in [-0.2, -0.15) is 0 Å². The average molecular weight is 356 g/mol. The van der Waals surface area contributed by atoms with E-state index < -0.39 is 6.04 Å². The molecule has 5 nitrogen and oxygen atoms in total. The molecule has 1 aliphatic heterocycles. The molecule has 0 saturated carbocycles. The van der Waals surface area contributed by atoms with Crippen LogP contribution in [0.3, 0.4) is 0 Å². The average Bonchev–Trinajstić information content (AvgIpc) is 2.65. The van der Waals surface area contributed by atoms with Crippen molar-refractivity contribution in [1.29, 1.82) is 0 Å². The van der Waals surface area contributed by atoms with Crippen LogP contribution in [-0.2, 0) is 4.79 Å². The van der Waals surface area contributed by atoms with Gasteiger partial charge in [-0.25, -0.2) is 4.39 Å². The van der Waals surface area contributed by atoms with Crippen molar-refractivity contribution in [3.05, 3.63) is 59.4 Å². The number of carbonyl (C=O) groups is 2. The minimum absolute atomic E-state index is 0.184. The van der Waals surface area contributed by atoms with E-state index in [0.29, 0.717) is 29.8 Å². The van der Waals surface area contributed by atoms with Crippen LogP contribution in [0.25, 0.3) is 11.1 Å². The maximum atomic E-state index is 14.2. The molecular weight excluding hydrogens is 335 g/mol. The van der Waals surface area contributed by atoms with Crippen LogP contribution in [0.5, 0.6) is 0 Å². The molecule has 26 heavy (non-hydrogen) atoms. The molecule has 1 fully saturated rings. The predicted octanol–water partition coefficient (Wildman–Crippen LogP) is 2.12. The third kappa shape index (κ3) is 3.60. The third-order valence-electron chi connectivity index (χ3n) is 4.54. The molecule has 3 rings (SSSR count). The van der Waals surface area contributed by atoms with E-state index in [4.69, 9.17) is 0 Å². The lowest BCUT2D eigenvalue weighted by Gasteiger charge is -2.35. The Kier molecular flexibility index (Phi) is 5.32. The molecule has 0 aromatic heterocycles. The van der Waals surface area contributed by atoms with Crippen molar-refractivity contribution >= 4 is 11.8 Å². The van der Waals surface area contributed by atoms with E-state index in [9.17, 15) is 19.1 Å². The fraction of sp³-hybridized carbons (Fsp3) is 0.300. The first-order valence-corrected chi connectivity index (χ1v) is 8.57. The predicted molar refractivity (Wildman–Crippen MR) is 96.1 cm³/mol. The molecule has 136 valence electrons. The third-order valence-corrected chi connectivity index (χ3v) is 4.54. The summed E-state index contributed by atoms with van der Waals surface area (Å²) in [4.78, 5) is 26.4. The number of nitrogens with zero attached hydrogens (tertiary/aromatic N) is 1. The lowest BCUT2D eigenvalue weighted by molar-refractivity contribution is -0.128. The van der Waals surface area contributed by atoms with Gasteiger partial charge in [-0.3, -0.25) is 9.59 Å². The number of hydrogen-bond acceptors (Lipinski definition) is 3. The highest BCUT2D eigenvalue weighted by Gasteiger charge is 2.33. The molecule has 1 saturated heterocycles. The Labute approximate surface area is 151 Å². The van der Waals surface area contributed by atoms with Gasteiger partial charge in [-0.1, -0.05) is 23.8 Å². The van der Waals surface area contributed by atoms with Crippen molar-refractivity contribution in [3.63, 3.8) is 0 Å². The highest BCUT2D eigenvalue weighted by molar-refractivity contribution is 5.99. The first-order valence-electron chi connectivity index (χ1n) is 8.57. The summed E-state index contributed by atoms with van der Waals surface area (Å²) in [6, 6.07) is 10.9. The van der Waals surface area contributed by atoms with Gasteiger partial charge in [0, 0.05) is 30.8 Å². The Bertz CT molecular complexity index is 838. The molecule has 0 aliphatic carbocycles. The molecule has 1 heterocycles. The van der Waals surface area contributed by atoms with Gasteiger partial charge in [0.25, 0.3) is 5.91 Å². The lowest BCUT2D eigenvalue weighted by Crippen LogP contribution is -2.57. The number of aryl methyl sites for hydroxylation is 1. The fourth-order valence-corrected chi connectivity index (χ4v) is 3.21. The van der Waals surface area contributed by atoms with Crippen LogP contribution in [0.4, 0.5) is 4.39 Å². The highest BCUT2D eigenvalue weighted by Crippen LogP contribution is 2.26. The summed E-state index contributed by atoms with van der Waals surface area (Å²) in [5, 5.41) is 11.9. The number of amides is 2. The molecule has 2 amide bonds. The Morgan fingerprint density at radius 2 is 2.12 bits per heavy atom. The van der Waals surface area contributed by atoms with Crippen LogP contribution in [0.2, 0.25) is 0 Å². The van der Waals surface area contributed by atoms with E-state index in [1.54, 1.807) is 36.4 Å². The SMILES string of the molecule is Cc1ccc(F)c(-c2cccc(C(=O)N3CCNC(=O)[C@@H]3CCO)c2)c1. The highest BCUT2D eigenvalue weighted by atomic mass is 19.1. The molecule has 0 bridgehead atoms. The largest absolute Gasteiger partial charge is 0.396 e. The van der Waals surface area contributed by atoms with Gasteiger partial charge in [0.1, 0.15) is 11.9 Å². The molecule has 0 spiro atoms. The van der Waals surface area contributed by atoms with Gasteiger partial charge >= 0.3 is 0 Å². The maximum absolute atomic E-state index is 14.2. The van der Waals surface area contributed by atoms with Crippen molar-refractivity contribution in [2.45, 2.75) is 19.4 Å². The van der Waals surface area contributed by atoms with E-state index in [-0.39, 0.29) is 30.7 Å². The number of aliphatic hydroxyl groups is 1. The quantitative estimate of drug-likeness (QED) is 0.882. The second-order valence-corrected chi connectivity index (χ2v) is 6.38. The molecule has 0 unspecified atom stereocenters. The molecule has 2 aromatic carbocycles. The summed E-state index contributed by atoms with van der Waals surface area (Å²) < 4.78 is 14.2. The number of halogens is 1. The second kappa shape index (κ2) is 7.66. The Balaban J connectivity index is 1.93. The van der Waals surface area contributed by atoms with Gasteiger partial charge in [-0.15, -0.1) is 0 Å². The molecule has 6 heteroatoms. The minimum Gasteiger partial charge on any atom is -0.396 e. The number of rotatable bonds is 4. The molecule has 2 N–H and O–H groups in total. The molecular formula is C20H21FN2O3. The Hall–Kier alpha value is -2.73. The van der Waals surface area contributed by atoms with Crippen molar-refractivity contribution < 1.29 is 19.1 Å². The van der Waals surface area contributed by atoms with E-state index in [1.165, 1.54) is 11.0 Å². The van der Waals surface area contributed by atoms with Crippen molar-refractivity contribution in [1.82, 2.24) is 10.2 Å². The van der Waals surface area contributed by atoms with Crippen molar-refractivity contribution in [2.24, 2.45) is 0 Å². The number of nitrogens with one attached hydrogen (secondary N) is 1. The minimum atomic E-state index is -0.694. The second-order valence-electron chi connectivity index (χ2n) is 6.38. The normalized spacial score (nSPS) is 17.1. The van der Waals surface area contributed by atoms with E-state index in [1.807, 2.05) is 6.92 Å². The summed E-state index contributed by atoms with van der Waals surface area (Å²) in [6.07, 6.45) is 0.184.